The van der Waals surface area contributed by atoms with E-state index in [1.165, 1.54) is 6.42 Å². The Morgan fingerprint density at radius 2 is 1.73 bits per heavy atom. The number of hydrogen-bond acceptors (Lipinski definition) is 1. The summed E-state index contributed by atoms with van der Waals surface area (Å²) in [6, 6.07) is 0. The average molecular weight is 205 g/mol. The van der Waals surface area contributed by atoms with Crippen LogP contribution in [0.5, 0.6) is 0 Å². The summed E-state index contributed by atoms with van der Waals surface area (Å²) in [6.45, 7) is 6.62. The lowest BCUT2D eigenvalue weighted by Gasteiger charge is -2.18. The standard InChI is InChI=1S/C14H23N/c1-13-10-8-6-4-5-7-9-11-14(2,3)15-12-13/h6-9,12-13H,4-5,10-11H2,1-3H3/b8-6+,9-7+,15-12?. The van der Waals surface area contributed by atoms with Crippen LogP contribution in [0, 0.1) is 5.92 Å². The fraction of sp³-hybridized carbons (Fsp3) is 0.643. The fourth-order valence-electron chi connectivity index (χ4n) is 1.55. The van der Waals surface area contributed by atoms with Crippen LogP contribution in [0.15, 0.2) is 29.3 Å². The van der Waals surface area contributed by atoms with Gasteiger partial charge in [0.1, 0.15) is 0 Å². The van der Waals surface area contributed by atoms with E-state index < -0.39 is 0 Å². The van der Waals surface area contributed by atoms with Gasteiger partial charge in [-0.2, -0.15) is 0 Å². The quantitative estimate of drug-likeness (QED) is 0.527. The van der Waals surface area contributed by atoms with E-state index >= 15 is 0 Å². The maximum atomic E-state index is 4.66. The van der Waals surface area contributed by atoms with Crippen molar-refractivity contribution in [3.05, 3.63) is 24.3 Å². The van der Waals surface area contributed by atoms with Gasteiger partial charge in [0, 0.05) is 6.21 Å². The molecule has 0 radical (unpaired) electrons. The van der Waals surface area contributed by atoms with E-state index in [1.807, 2.05) is 0 Å². The second-order valence-corrected chi connectivity index (χ2v) is 5.03. The van der Waals surface area contributed by atoms with Crippen LogP contribution in [0.25, 0.3) is 0 Å². The maximum Gasteiger partial charge on any atom is 0.0582 e. The van der Waals surface area contributed by atoms with E-state index in [9.17, 15) is 0 Å². The predicted octanol–water partition coefficient (Wildman–Crippen LogP) is 4.16. The molecule has 1 nitrogen and oxygen atoms in total. The molecule has 0 spiro atoms. The molecule has 0 saturated carbocycles. The van der Waals surface area contributed by atoms with E-state index in [1.54, 1.807) is 0 Å². The molecule has 1 rings (SSSR count). The van der Waals surface area contributed by atoms with Crippen LogP contribution in [0.1, 0.15) is 46.5 Å². The lowest BCUT2D eigenvalue weighted by atomic mass is 10.00. The molecule has 1 aliphatic heterocycles. The van der Waals surface area contributed by atoms with Crippen molar-refractivity contribution in [3.8, 4) is 0 Å². The predicted molar refractivity (Wildman–Crippen MR) is 68.5 cm³/mol. The molecule has 1 heterocycles. The molecule has 84 valence electrons. The summed E-state index contributed by atoms with van der Waals surface area (Å²) in [4.78, 5) is 4.66. The van der Waals surface area contributed by atoms with Crippen LogP contribution >= 0.6 is 0 Å². The van der Waals surface area contributed by atoms with Crippen molar-refractivity contribution in [3.63, 3.8) is 0 Å². The zero-order valence-corrected chi connectivity index (χ0v) is 10.2. The summed E-state index contributed by atoms with van der Waals surface area (Å²) < 4.78 is 0. The number of nitrogens with zero attached hydrogens (tertiary/aromatic N) is 1. The molecule has 1 heteroatoms. The van der Waals surface area contributed by atoms with Crippen LogP contribution in [0.2, 0.25) is 0 Å². The van der Waals surface area contributed by atoms with Crippen molar-refractivity contribution in [2.45, 2.75) is 52.0 Å². The highest BCUT2D eigenvalue weighted by Gasteiger charge is 2.13. The van der Waals surface area contributed by atoms with E-state index in [-0.39, 0.29) is 5.54 Å². The minimum atomic E-state index is 0.0632. The zero-order chi connectivity index (χ0) is 11.1. The second kappa shape index (κ2) is 5.89. The van der Waals surface area contributed by atoms with Gasteiger partial charge in [0.05, 0.1) is 5.54 Å². The van der Waals surface area contributed by atoms with Gasteiger partial charge in [0.25, 0.3) is 0 Å². The van der Waals surface area contributed by atoms with Crippen molar-refractivity contribution < 1.29 is 0 Å². The van der Waals surface area contributed by atoms with Gasteiger partial charge in [0.2, 0.25) is 0 Å². The fourth-order valence-corrected chi connectivity index (χ4v) is 1.55. The topological polar surface area (TPSA) is 12.4 Å². The summed E-state index contributed by atoms with van der Waals surface area (Å²) in [5.74, 6) is 0.559. The van der Waals surface area contributed by atoms with E-state index in [0.29, 0.717) is 5.92 Å². The van der Waals surface area contributed by atoms with Crippen LogP contribution in [0.4, 0.5) is 0 Å². The smallest absolute Gasteiger partial charge is 0.0582 e. The van der Waals surface area contributed by atoms with Crippen LogP contribution in [-0.2, 0) is 0 Å². The Balaban J connectivity index is 2.66. The Kier molecular flexibility index (Phi) is 4.80. The summed E-state index contributed by atoms with van der Waals surface area (Å²) in [5.41, 5.74) is 0.0632. The largest absolute Gasteiger partial charge is 0.291 e. The summed E-state index contributed by atoms with van der Waals surface area (Å²) in [7, 11) is 0. The van der Waals surface area contributed by atoms with E-state index in [0.717, 1.165) is 19.3 Å². The zero-order valence-electron chi connectivity index (χ0n) is 10.2. The molecule has 0 fully saturated rings. The molecule has 0 aromatic rings. The highest BCUT2D eigenvalue weighted by atomic mass is 14.8. The molecule has 0 aromatic carbocycles. The highest BCUT2D eigenvalue weighted by Crippen LogP contribution is 2.16. The van der Waals surface area contributed by atoms with Gasteiger partial charge < -0.3 is 0 Å². The van der Waals surface area contributed by atoms with Gasteiger partial charge in [0.15, 0.2) is 0 Å². The molecule has 0 N–H and O–H groups in total. The number of rotatable bonds is 0. The second-order valence-electron chi connectivity index (χ2n) is 5.03. The highest BCUT2D eigenvalue weighted by molar-refractivity contribution is 5.61. The molecule has 1 atom stereocenters. The number of allylic oxidation sites excluding steroid dienone is 3. The van der Waals surface area contributed by atoms with E-state index in [4.69, 9.17) is 0 Å². The molecule has 1 aliphatic rings. The third-order valence-electron chi connectivity index (χ3n) is 2.64. The summed E-state index contributed by atoms with van der Waals surface area (Å²) >= 11 is 0. The Bertz CT molecular complexity index is 259. The summed E-state index contributed by atoms with van der Waals surface area (Å²) in [5, 5.41) is 0. The van der Waals surface area contributed by atoms with Crippen molar-refractivity contribution in [2.24, 2.45) is 10.9 Å². The first kappa shape index (κ1) is 12.2. The molecule has 0 aliphatic carbocycles. The number of aliphatic imine (C=N–C) groups is 1. The first-order valence-electron chi connectivity index (χ1n) is 5.95. The third kappa shape index (κ3) is 5.56. The normalized spacial score (nSPS) is 31.3. The third-order valence-corrected chi connectivity index (χ3v) is 2.64. The molecule has 0 bridgehead atoms. The van der Waals surface area contributed by atoms with E-state index in [2.05, 4.69) is 56.3 Å². The van der Waals surface area contributed by atoms with Gasteiger partial charge in [-0.05, 0) is 45.4 Å². The number of hydrogen-bond donors (Lipinski definition) is 0. The lowest BCUT2D eigenvalue weighted by Crippen LogP contribution is -2.16. The van der Waals surface area contributed by atoms with Gasteiger partial charge >= 0.3 is 0 Å². The first-order chi connectivity index (χ1) is 7.10. The molecule has 1 unspecified atom stereocenters. The SMILES string of the molecule is CC1C=NC(C)(C)C/C=C/CC/C=C/C1. The monoisotopic (exact) mass is 205 g/mol. The minimum Gasteiger partial charge on any atom is -0.291 e. The van der Waals surface area contributed by atoms with Crippen molar-refractivity contribution in [1.82, 2.24) is 0 Å². The maximum absolute atomic E-state index is 4.66. The van der Waals surface area contributed by atoms with Gasteiger partial charge in [-0.3, -0.25) is 4.99 Å². The van der Waals surface area contributed by atoms with Gasteiger partial charge in [-0.25, -0.2) is 0 Å². The van der Waals surface area contributed by atoms with Crippen molar-refractivity contribution in [2.75, 3.05) is 0 Å². The Morgan fingerprint density at radius 3 is 2.47 bits per heavy atom. The molecule has 0 saturated heterocycles. The summed E-state index contributed by atoms with van der Waals surface area (Å²) in [6.07, 6.45) is 15.7. The van der Waals surface area contributed by atoms with Gasteiger partial charge in [-0.1, -0.05) is 31.2 Å². The Labute approximate surface area is 94.0 Å². The average Bonchev–Trinajstić information content (AvgIpc) is 2.17. The molecular weight excluding hydrogens is 182 g/mol. The Hall–Kier alpha value is -0.850. The molecule has 15 heavy (non-hydrogen) atoms. The van der Waals surface area contributed by atoms with Crippen LogP contribution in [-0.4, -0.2) is 11.8 Å². The molecular formula is C14H23N. The van der Waals surface area contributed by atoms with Gasteiger partial charge in [-0.15, -0.1) is 0 Å². The first-order valence-corrected chi connectivity index (χ1v) is 5.95. The lowest BCUT2D eigenvalue weighted by molar-refractivity contribution is 0.528. The van der Waals surface area contributed by atoms with Crippen molar-refractivity contribution in [1.29, 1.82) is 0 Å². The van der Waals surface area contributed by atoms with Crippen molar-refractivity contribution >= 4 is 6.21 Å². The molecule has 0 aromatic heterocycles. The Morgan fingerprint density at radius 1 is 1.07 bits per heavy atom. The van der Waals surface area contributed by atoms with Crippen LogP contribution in [0.3, 0.4) is 0 Å². The minimum absolute atomic E-state index is 0.0632. The molecule has 0 amide bonds. The van der Waals surface area contributed by atoms with Crippen LogP contribution < -0.4 is 0 Å².